The van der Waals surface area contributed by atoms with Crippen LogP contribution in [-0.2, 0) is 9.59 Å². The maximum atomic E-state index is 11.5. The lowest BCUT2D eigenvalue weighted by Crippen LogP contribution is -2.47. The van der Waals surface area contributed by atoms with Crippen LogP contribution in [0.5, 0.6) is 0 Å². The highest BCUT2D eigenvalue weighted by molar-refractivity contribution is 5.99. The fourth-order valence-electron chi connectivity index (χ4n) is 2.73. The first-order chi connectivity index (χ1) is 9.68. The molecule has 0 bridgehead atoms. The molecule has 118 valence electrons. The molecule has 0 spiro atoms. The van der Waals surface area contributed by atoms with Gasteiger partial charge in [0.2, 0.25) is 0 Å². The minimum atomic E-state index is -2.11. The second-order valence-corrected chi connectivity index (χ2v) is 5.16. The molecule has 0 fully saturated rings. The van der Waals surface area contributed by atoms with Gasteiger partial charge in [0.15, 0.2) is 0 Å². The van der Waals surface area contributed by atoms with Gasteiger partial charge in [-0.1, -0.05) is 19.8 Å². The van der Waals surface area contributed by atoms with E-state index in [1.165, 1.54) is 13.8 Å². The van der Waals surface area contributed by atoms with Crippen molar-refractivity contribution in [1.82, 2.24) is 5.06 Å². The molecule has 1 rings (SSSR count). The predicted octanol–water partition coefficient (Wildman–Crippen LogP) is 1.72. The van der Waals surface area contributed by atoms with Crippen molar-refractivity contribution in [2.75, 3.05) is 0 Å². The van der Waals surface area contributed by atoms with Crippen molar-refractivity contribution in [3.05, 3.63) is 22.5 Å². The SMILES string of the molecule is CCCCCC1(O)C(C(=O)O)=C(C)N(O)C(C)=C1C(=O)O. The number of carboxylic acids is 2. The number of carboxylic acid groups (broad SMARTS) is 2. The fraction of sp³-hybridized carbons (Fsp3) is 0.571. The normalized spacial score (nSPS) is 18.2. The van der Waals surface area contributed by atoms with Gasteiger partial charge in [-0.2, -0.15) is 0 Å². The predicted molar refractivity (Wildman–Crippen MR) is 73.4 cm³/mol. The van der Waals surface area contributed by atoms with Crippen LogP contribution in [0.3, 0.4) is 0 Å². The van der Waals surface area contributed by atoms with E-state index in [4.69, 9.17) is 0 Å². The van der Waals surface area contributed by atoms with Gasteiger partial charge in [-0.05, 0) is 26.7 Å². The van der Waals surface area contributed by atoms with Gasteiger partial charge in [-0.15, -0.1) is 0 Å². The van der Waals surface area contributed by atoms with Gasteiger partial charge in [-0.25, -0.2) is 14.7 Å². The third-order valence-electron chi connectivity index (χ3n) is 3.76. The molecule has 0 radical (unpaired) electrons. The average molecular weight is 299 g/mol. The maximum Gasteiger partial charge on any atom is 0.336 e. The Labute approximate surface area is 122 Å². The van der Waals surface area contributed by atoms with Crippen molar-refractivity contribution >= 4 is 11.9 Å². The van der Waals surface area contributed by atoms with Crippen molar-refractivity contribution in [1.29, 1.82) is 0 Å². The van der Waals surface area contributed by atoms with Crippen molar-refractivity contribution in [3.8, 4) is 0 Å². The number of aliphatic carboxylic acids is 2. The Bertz CT molecular complexity index is 482. The second kappa shape index (κ2) is 6.28. The largest absolute Gasteiger partial charge is 0.478 e. The molecule has 21 heavy (non-hydrogen) atoms. The summed E-state index contributed by atoms with van der Waals surface area (Å²) in [6, 6.07) is 0. The summed E-state index contributed by atoms with van der Waals surface area (Å²) < 4.78 is 0. The number of nitrogens with zero attached hydrogens (tertiary/aromatic N) is 1. The van der Waals surface area contributed by atoms with E-state index in [0.717, 1.165) is 12.8 Å². The summed E-state index contributed by atoms with van der Waals surface area (Å²) in [5.74, 6) is -2.89. The molecule has 0 saturated heterocycles. The Kier molecular flexibility index (Phi) is 5.14. The smallest absolute Gasteiger partial charge is 0.336 e. The van der Waals surface area contributed by atoms with E-state index in [0.29, 0.717) is 11.5 Å². The average Bonchev–Trinajstić information content (AvgIpc) is 2.35. The van der Waals surface area contributed by atoms with Crippen LogP contribution in [0.25, 0.3) is 0 Å². The molecule has 1 aliphatic heterocycles. The summed E-state index contributed by atoms with van der Waals surface area (Å²) in [6.45, 7) is 4.60. The van der Waals surface area contributed by atoms with Gasteiger partial charge >= 0.3 is 11.9 Å². The molecule has 1 heterocycles. The summed E-state index contributed by atoms with van der Waals surface area (Å²) in [6.07, 6.45) is 2.04. The summed E-state index contributed by atoms with van der Waals surface area (Å²) >= 11 is 0. The van der Waals surface area contributed by atoms with Gasteiger partial charge in [0.25, 0.3) is 0 Å². The molecule has 0 aromatic rings. The van der Waals surface area contributed by atoms with E-state index in [1.807, 2.05) is 6.92 Å². The van der Waals surface area contributed by atoms with E-state index in [2.05, 4.69) is 0 Å². The number of hydroxylamine groups is 2. The Hall–Kier alpha value is -1.86. The van der Waals surface area contributed by atoms with Crippen LogP contribution < -0.4 is 0 Å². The highest BCUT2D eigenvalue weighted by Gasteiger charge is 2.49. The first-order valence-electron chi connectivity index (χ1n) is 6.79. The van der Waals surface area contributed by atoms with Crippen molar-refractivity contribution in [2.24, 2.45) is 0 Å². The molecular formula is C14H21NO6. The van der Waals surface area contributed by atoms with Gasteiger partial charge in [-0.3, -0.25) is 5.21 Å². The minimum absolute atomic E-state index is 0.0212. The zero-order chi connectivity index (χ0) is 16.4. The number of allylic oxidation sites excluding steroid dienone is 2. The van der Waals surface area contributed by atoms with E-state index in [1.54, 1.807) is 0 Å². The van der Waals surface area contributed by atoms with Gasteiger partial charge < -0.3 is 15.3 Å². The zero-order valence-electron chi connectivity index (χ0n) is 12.4. The second-order valence-electron chi connectivity index (χ2n) is 5.16. The standard InChI is InChI=1S/C14H21NO6/c1-4-5-6-7-14(20)10(12(16)17)8(2)15(21)9(3)11(14)13(18)19/h20-21H,4-7H2,1-3H3,(H,16,17)(H,18,19). The number of unbranched alkanes of at least 4 members (excludes halogenated alkanes) is 2. The Morgan fingerprint density at radius 1 is 1.05 bits per heavy atom. The molecule has 1 aliphatic rings. The molecule has 0 aromatic carbocycles. The van der Waals surface area contributed by atoms with Crippen LogP contribution in [0.4, 0.5) is 0 Å². The monoisotopic (exact) mass is 299 g/mol. The summed E-state index contributed by atoms with van der Waals surface area (Å²) in [7, 11) is 0. The topological polar surface area (TPSA) is 118 Å². The Morgan fingerprint density at radius 3 is 1.81 bits per heavy atom. The lowest BCUT2D eigenvalue weighted by atomic mass is 9.77. The number of aliphatic hydroxyl groups is 1. The maximum absolute atomic E-state index is 11.5. The molecule has 0 amide bonds. The van der Waals surface area contributed by atoms with Crippen molar-refractivity contribution in [3.63, 3.8) is 0 Å². The van der Waals surface area contributed by atoms with Gasteiger partial charge in [0, 0.05) is 0 Å². The quantitative estimate of drug-likeness (QED) is 0.551. The van der Waals surface area contributed by atoms with Crippen LogP contribution >= 0.6 is 0 Å². The van der Waals surface area contributed by atoms with Crippen LogP contribution in [0.2, 0.25) is 0 Å². The molecule has 0 saturated carbocycles. The third-order valence-corrected chi connectivity index (χ3v) is 3.76. The van der Waals surface area contributed by atoms with E-state index < -0.39 is 28.7 Å². The van der Waals surface area contributed by atoms with Gasteiger partial charge in [0.1, 0.15) is 5.60 Å². The number of hydrogen-bond acceptors (Lipinski definition) is 5. The summed E-state index contributed by atoms with van der Waals surface area (Å²) in [5, 5.41) is 39.8. The molecule has 7 nitrogen and oxygen atoms in total. The fourth-order valence-corrected chi connectivity index (χ4v) is 2.73. The van der Waals surface area contributed by atoms with E-state index >= 15 is 0 Å². The highest BCUT2D eigenvalue weighted by Crippen LogP contribution is 2.41. The van der Waals surface area contributed by atoms with Crippen LogP contribution in [0, 0.1) is 0 Å². The highest BCUT2D eigenvalue weighted by atomic mass is 16.5. The molecule has 0 unspecified atom stereocenters. The third kappa shape index (κ3) is 2.93. The molecule has 0 aliphatic carbocycles. The summed E-state index contributed by atoms with van der Waals surface area (Å²) in [4.78, 5) is 22.9. The van der Waals surface area contributed by atoms with Crippen LogP contribution in [0.1, 0.15) is 46.5 Å². The van der Waals surface area contributed by atoms with Crippen molar-refractivity contribution in [2.45, 2.75) is 52.1 Å². The lowest BCUT2D eigenvalue weighted by molar-refractivity contribution is -0.139. The first kappa shape index (κ1) is 17.2. The summed E-state index contributed by atoms with van der Waals surface area (Å²) in [5.41, 5.74) is -3.26. The molecular weight excluding hydrogens is 278 g/mol. The number of hydrogen-bond donors (Lipinski definition) is 4. The van der Waals surface area contributed by atoms with E-state index in [9.17, 15) is 30.1 Å². The zero-order valence-corrected chi connectivity index (χ0v) is 12.4. The molecule has 4 N–H and O–H groups in total. The van der Waals surface area contributed by atoms with Gasteiger partial charge in [0.05, 0.1) is 22.5 Å². The Balaban J connectivity index is 3.46. The van der Waals surface area contributed by atoms with Crippen LogP contribution in [0.15, 0.2) is 22.5 Å². The number of carbonyl (C=O) groups is 2. The molecule has 0 atom stereocenters. The lowest BCUT2D eigenvalue weighted by Gasteiger charge is -2.38. The number of rotatable bonds is 6. The molecule has 7 heteroatoms. The first-order valence-corrected chi connectivity index (χ1v) is 6.79. The molecule has 0 aromatic heterocycles. The van der Waals surface area contributed by atoms with E-state index in [-0.39, 0.29) is 17.8 Å². The van der Waals surface area contributed by atoms with Crippen LogP contribution in [-0.4, -0.2) is 43.1 Å². The van der Waals surface area contributed by atoms with Crippen molar-refractivity contribution < 1.29 is 30.1 Å². The minimum Gasteiger partial charge on any atom is -0.478 e. The Morgan fingerprint density at radius 2 is 1.48 bits per heavy atom.